The molecule has 12 heavy (non-hydrogen) atoms. The van der Waals surface area contributed by atoms with Crippen molar-refractivity contribution >= 4 is 0 Å². The maximum absolute atomic E-state index is 2.47. The summed E-state index contributed by atoms with van der Waals surface area (Å²) in [4.78, 5) is 0. The average Bonchev–Trinajstić information content (AvgIpc) is 1.82. The lowest BCUT2D eigenvalue weighted by Gasteiger charge is -2.58. The molecule has 0 heteroatoms. The first kappa shape index (κ1) is 8.59. The summed E-state index contributed by atoms with van der Waals surface area (Å²) in [6.45, 7) is 9.72. The van der Waals surface area contributed by atoms with Crippen LogP contribution in [-0.4, -0.2) is 0 Å². The van der Waals surface area contributed by atoms with Crippen LogP contribution in [0.25, 0.3) is 0 Å². The quantitative estimate of drug-likeness (QED) is 0.512. The van der Waals surface area contributed by atoms with Gasteiger partial charge < -0.3 is 0 Å². The Morgan fingerprint density at radius 3 is 2.08 bits per heavy atom. The van der Waals surface area contributed by atoms with Crippen molar-refractivity contribution in [1.82, 2.24) is 0 Å². The van der Waals surface area contributed by atoms with Gasteiger partial charge in [0, 0.05) is 0 Å². The van der Waals surface area contributed by atoms with E-state index in [2.05, 4.69) is 27.7 Å². The smallest absolute Gasteiger partial charge is 0.0320 e. The van der Waals surface area contributed by atoms with E-state index in [1.807, 2.05) is 0 Å². The largest absolute Gasteiger partial charge is 0.0599 e. The Hall–Kier alpha value is 0. The molecule has 2 bridgehead atoms. The van der Waals surface area contributed by atoms with Gasteiger partial charge in [0.05, 0.1) is 0 Å². The van der Waals surface area contributed by atoms with Crippen molar-refractivity contribution in [2.24, 2.45) is 22.7 Å². The molecule has 0 radical (unpaired) electrons. The fraction of sp³-hybridized carbons (Fsp3) is 1.00. The molecule has 70 valence electrons. The number of hydrogen-bond acceptors (Lipinski definition) is 0. The standard InChI is InChI=1S/C12H22/c1-11(2,3)10-5-6-12(4)7-9(10)8-12/h9-10H,5-8H2,1-4H3. The Bertz CT molecular complexity index is 173. The lowest BCUT2D eigenvalue weighted by molar-refractivity contribution is -0.0723. The zero-order chi connectivity index (χ0) is 8.98. The highest BCUT2D eigenvalue weighted by molar-refractivity contribution is 5.01. The number of rotatable bonds is 0. The van der Waals surface area contributed by atoms with Crippen LogP contribution >= 0.6 is 0 Å². The Kier molecular flexibility index (Phi) is 1.63. The molecular weight excluding hydrogens is 144 g/mol. The first-order valence-electron chi connectivity index (χ1n) is 5.41. The van der Waals surface area contributed by atoms with Crippen molar-refractivity contribution in [2.75, 3.05) is 0 Å². The van der Waals surface area contributed by atoms with Gasteiger partial charge in [0.1, 0.15) is 0 Å². The Morgan fingerprint density at radius 1 is 1.17 bits per heavy atom. The second kappa shape index (κ2) is 2.27. The van der Waals surface area contributed by atoms with Crippen molar-refractivity contribution < 1.29 is 0 Å². The van der Waals surface area contributed by atoms with E-state index in [1.54, 1.807) is 0 Å². The number of fused-ring (bicyclic) bond motifs is 2. The average molecular weight is 166 g/mol. The van der Waals surface area contributed by atoms with Gasteiger partial charge in [-0.3, -0.25) is 0 Å². The molecule has 0 amide bonds. The van der Waals surface area contributed by atoms with Crippen LogP contribution in [0.1, 0.15) is 53.4 Å². The highest BCUT2D eigenvalue weighted by atomic mass is 14.6. The van der Waals surface area contributed by atoms with Gasteiger partial charge in [-0.25, -0.2) is 0 Å². The molecule has 0 heterocycles. The molecule has 0 aromatic heterocycles. The zero-order valence-electron chi connectivity index (χ0n) is 8.98. The van der Waals surface area contributed by atoms with Crippen LogP contribution in [-0.2, 0) is 0 Å². The van der Waals surface area contributed by atoms with Crippen molar-refractivity contribution in [3.8, 4) is 0 Å². The fourth-order valence-corrected chi connectivity index (χ4v) is 3.57. The molecule has 0 N–H and O–H groups in total. The molecule has 3 saturated carbocycles. The van der Waals surface area contributed by atoms with E-state index in [4.69, 9.17) is 0 Å². The van der Waals surface area contributed by atoms with E-state index in [0.29, 0.717) is 5.41 Å². The Morgan fingerprint density at radius 2 is 1.75 bits per heavy atom. The fourth-order valence-electron chi connectivity index (χ4n) is 3.57. The normalized spacial score (nSPS) is 47.0. The third-order valence-electron chi connectivity index (χ3n) is 4.25. The summed E-state index contributed by atoms with van der Waals surface area (Å²) in [6, 6.07) is 0. The minimum absolute atomic E-state index is 0.562. The molecule has 0 aromatic carbocycles. The molecule has 3 rings (SSSR count). The van der Waals surface area contributed by atoms with E-state index < -0.39 is 0 Å². The van der Waals surface area contributed by atoms with Crippen molar-refractivity contribution in [2.45, 2.75) is 53.4 Å². The van der Waals surface area contributed by atoms with Gasteiger partial charge in [0.15, 0.2) is 0 Å². The van der Waals surface area contributed by atoms with Gasteiger partial charge in [-0.2, -0.15) is 0 Å². The van der Waals surface area contributed by atoms with Gasteiger partial charge in [0.2, 0.25) is 0 Å². The van der Waals surface area contributed by atoms with E-state index in [1.165, 1.54) is 25.7 Å². The maximum atomic E-state index is 2.47. The lowest BCUT2D eigenvalue weighted by atomic mass is 9.48. The van der Waals surface area contributed by atoms with Crippen LogP contribution in [0, 0.1) is 22.7 Å². The molecule has 1 unspecified atom stereocenters. The summed E-state index contributed by atoms with van der Waals surface area (Å²) in [5.74, 6) is 2.09. The van der Waals surface area contributed by atoms with E-state index in [-0.39, 0.29) is 0 Å². The molecule has 0 aliphatic heterocycles. The summed E-state index contributed by atoms with van der Waals surface area (Å²) in [5.41, 5.74) is 1.33. The van der Waals surface area contributed by atoms with Crippen LogP contribution in [0.5, 0.6) is 0 Å². The Labute approximate surface area is 76.7 Å². The van der Waals surface area contributed by atoms with Gasteiger partial charge in [-0.1, -0.05) is 27.7 Å². The zero-order valence-corrected chi connectivity index (χ0v) is 8.98. The molecule has 0 nitrogen and oxygen atoms in total. The van der Waals surface area contributed by atoms with E-state index in [0.717, 1.165) is 17.3 Å². The van der Waals surface area contributed by atoms with E-state index >= 15 is 0 Å². The van der Waals surface area contributed by atoms with Crippen molar-refractivity contribution in [1.29, 1.82) is 0 Å². The molecular formula is C12H22. The van der Waals surface area contributed by atoms with E-state index in [9.17, 15) is 0 Å². The molecule has 0 saturated heterocycles. The first-order chi connectivity index (χ1) is 5.41. The molecule has 0 spiro atoms. The lowest BCUT2D eigenvalue weighted by Crippen LogP contribution is -2.47. The monoisotopic (exact) mass is 166 g/mol. The topological polar surface area (TPSA) is 0 Å². The van der Waals surface area contributed by atoms with Crippen LogP contribution in [0.2, 0.25) is 0 Å². The summed E-state index contributed by atoms with van der Waals surface area (Å²) in [7, 11) is 0. The minimum Gasteiger partial charge on any atom is -0.0599 e. The van der Waals surface area contributed by atoms with Gasteiger partial charge in [-0.15, -0.1) is 0 Å². The second-order valence-corrected chi connectivity index (χ2v) is 6.49. The molecule has 0 aromatic rings. The third kappa shape index (κ3) is 1.20. The van der Waals surface area contributed by atoms with Gasteiger partial charge in [-0.05, 0) is 48.3 Å². The highest BCUT2D eigenvalue weighted by Gasteiger charge is 2.50. The second-order valence-electron chi connectivity index (χ2n) is 6.49. The van der Waals surface area contributed by atoms with Crippen LogP contribution in [0.4, 0.5) is 0 Å². The van der Waals surface area contributed by atoms with Gasteiger partial charge >= 0.3 is 0 Å². The summed E-state index contributed by atoms with van der Waals surface area (Å²) >= 11 is 0. The summed E-state index contributed by atoms with van der Waals surface area (Å²) < 4.78 is 0. The highest BCUT2D eigenvalue weighted by Crippen LogP contribution is 2.61. The molecule has 3 aliphatic rings. The first-order valence-corrected chi connectivity index (χ1v) is 5.41. The third-order valence-corrected chi connectivity index (χ3v) is 4.25. The minimum atomic E-state index is 0.562. The van der Waals surface area contributed by atoms with Crippen LogP contribution in [0.3, 0.4) is 0 Å². The molecule has 1 atom stereocenters. The Balaban J connectivity index is 2.04. The SMILES string of the molecule is CC12CCC(C(C)(C)C)C(C1)C2. The maximum Gasteiger partial charge on any atom is -0.0320 e. The molecule has 3 aliphatic carbocycles. The number of hydrogen-bond donors (Lipinski definition) is 0. The van der Waals surface area contributed by atoms with Crippen LogP contribution < -0.4 is 0 Å². The predicted octanol–water partition coefficient (Wildman–Crippen LogP) is 3.86. The summed E-state index contributed by atoms with van der Waals surface area (Å²) in [6.07, 6.45) is 6.03. The van der Waals surface area contributed by atoms with Crippen LogP contribution in [0.15, 0.2) is 0 Å². The van der Waals surface area contributed by atoms with Gasteiger partial charge in [0.25, 0.3) is 0 Å². The predicted molar refractivity (Wildman–Crippen MR) is 53.0 cm³/mol. The van der Waals surface area contributed by atoms with Crippen molar-refractivity contribution in [3.05, 3.63) is 0 Å². The van der Waals surface area contributed by atoms with Crippen molar-refractivity contribution in [3.63, 3.8) is 0 Å². The molecule has 3 fully saturated rings. The summed E-state index contributed by atoms with van der Waals surface area (Å²) in [5, 5.41) is 0.